The molecule has 378 valence electrons. The molecule has 0 amide bonds. The fourth-order valence-electron chi connectivity index (χ4n) is 8.62. The van der Waals surface area contributed by atoms with E-state index in [0.29, 0.717) is 19.4 Å². The molecule has 0 heterocycles. The van der Waals surface area contributed by atoms with Gasteiger partial charge in [0.1, 0.15) is 6.61 Å². The minimum absolute atomic E-state index is 0.0866. The van der Waals surface area contributed by atoms with Crippen LogP contribution in [-0.4, -0.2) is 37.9 Å². The van der Waals surface area contributed by atoms with E-state index in [1.807, 2.05) is 0 Å². The lowest BCUT2D eigenvalue weighted by atomic mass is 10.0. The molecule has 1 atom stereocenters. The molecule has 0 N–H and O–H groups in total. The highest BCUT2D eigenvalue weighted by atomic mass is 16.6. The summed E-state index contributed by atoms with van der Waals surface area (Å²) < 4.78 is 17.5. The smallest absolute Gasteiger partial charge is 0.306 e. The lowest BCUT2D eigenvalue weighted by Gasteiger charge is -2.18. The summed E-state index contributed by atoms with van der Waals surface area (Å²) in [5.41, 5.74) is 0. The summed E-state index contributed by atoms with van der Waals surface area (Å²) in [4.78, 5) is 25.5. The van der Waals surface area contributed by atoms with Crippen LogP contribution >= 0.6 is 0 Å². The van der Waals surface area contributed by atoms with Crippen molar-refractivity contribution < 1.29 is 23.8 Å². The van der Waals surface area contributed by atoms with E-state index in [1.54, 1.807) is 0 Å². The lowest BCUT2D eigenvalue weighted by Crippen LogP contribution is -2.30. The average molecular weight is 902 g/mol. The minimum atomic E-state index is -0.538. The van der Waals surface area contributed by atoms with E-state index in [9.17, 15) is 9.59 Å². The second kappa shape index (κ2) is 55.7. The molecule has 0 aromatic heterocycles. The van der Waals surface area contributed by atoms with Crippen LogP contribution in [0.2, 0.25) is 0 Å². The fourth-order valence-corrected chi connectivity index (χ4v) is 8.62. The third-order valence-corrected chi connectivity index (χ3v) is 13.0. The number of unbranched alkanes of at least 4 members (excludes halogenated alkanes) is 39. The van der Waals surface area contributed by atoms with E-state index in [4.69, 9.17) is 14.2 Å². The molecule has 0 rings (SSSR count). The zero-order valence-electron chi connectivity index (χ0n) is 43.6. The molecule has 64 heavy (non-hydrogen) atoms. The molecule has 0 aliphatic rings. The van der Waals surface area contributed by atoms with Gasteiger partial charge in [0, 0.05) is 19.4 Å². The van der Waals surface area contributed by atoms with Gasteiger partial charge in [-0.3, -0.25) is 9.59 Å². The first-order valence-electron chi connectivity index (χ1n) is 28.9. The summed E-state index contributed by atoms with van der Waals surface area (Å²) in [6.45, 7) is 7.86. The molecule has 0 fully saturated rings. The quantitative estimate of drug-likeness (QED) is 0.0346. The monoisotopic (exact) mass is 901 g/mol. The van der Waals surface area contributed by atoms with Crippen LogP contribution in [0.4, 0.5) is 0 Å². The highest BCUT2D eigenvalue weighted by molar-refractivity contribution is 5.70. The summed E-state index contributed by atoms with van der Waals surface area (Å²) in [6, 6.07) is 0. The van der Waals surface area contributed by atoms with Gasteiger partial charge in [-0.25, -0.2) is 0 Å². The van der Waals surface area contributed by atoms with E-state index in [0.717, 1.165) is 51.4 Å². The van der Waals surface area contributed by atoms with E-state index >= 15 is 0 Å². The van der Waals surface area contributed by atoms with Gasteiger partial charge in [0.05, 0.1) is 6.61 Å². The minimum Gasteiger partial charge on any atom is -0.462 e. The van der Waals surface area contributed by atoms with E-state index in [2.05, 4.69) is 45.1 Å². The molecule has 0 aromatic carbocycles. The Kier molecular flexibility index (Phi) is 54.3. The van der Waals surface area contributed by atoms with Gasteiger partial charge < -0.3 is 14.2 Å². The van der Waals surface area contributed by atoms with Crippen molar-refractivity contribution in [2.45, 2.75) is 322 Å². The molecule has 0 radical (unpaired) electrons. The molecule has 0 aromatic rings. The van der Waals surface area contributed by atoms with Crippen molar-refractivity contribution in [3.05, 3.63) is 24.3 Å². The Bertz CT molecular complexity index is 974. The largest absolute Gasteiger partial charge is 0.462 e. The Morgan fingerprint density at radius 3 is 0.953 bits per heavy atom. The molecule has 0 saturated heterocycles. The number of allylic oxidation sites excluding steroid dienone is 4. The number of rotatable bonds is 54. The van der Waals surface area contributed by atoms with Crippen LogP contribution in [0.1, 0.15) is 316 Å². The summed E-state index contributed by atoms with van der Waals surface area (Å²) in [5.74, 6) is -0.389. The Morgan fingerprint density at radius 2 is 0.609 bits per heavy atom. The zero-order chi connectivity index (χ0) is 46.3. The zero-order valence-corrected chi connectivity index (χ0v) is 43.6. The highest BCUT2D eigenvalue weighted by Crippen LogP contribution is 2.16. The molecule has 5 heteroatoms. The molecule has 5 nitrogen and oxygen atoms in total. The van der Waals surface area contributed by atoms with Gasteiger partial charge in [-0.05, 0) is 70.6 Å². The standard InChI is InChI=1S/C59H112O5/c1-4-7-10-13-16-19-22-25-28-30-32-34-37-40-43-46-49-52-58(60)63-56-57(55-62-54-51-48-45-42-39-36-33-29-26-23-20-17-14-11-8-5-2)64-59(61)53-50-47-44-41-38-35-31-27-24-21-18-15-12-9-6-3/h26-27,29,31,57H,4-25,28,30,32-56H2,1-3H3/b29-26-,31-27-. The molecular formula is C59H112O5. The number of hydrogen-bond acceptors (Lipinski definition) is 5. The van der Waals surface area contributed by atoms with Crippen LogP contribution in [0, 0.1) is 0 Å². The van der Waals surface area contributed by atoms with Gasteiger partial charge in [-0.2, -0.15) is 0 Å². The van der Waals surface area contributed by atoms with Crippen LogP contribution < -0.4 is 0 Å². The third-order valence-electron chi connectivity index (χ3n) is 13.0. The Balaban J connectivity index is 4.24. The average Bonchev–Trinajstić information content (AvgIpc) is 3.30. The first kappa shape index (κ1) is 62.4. The van der Waals surface area contributed by atoms with E-state index < -0.39 is 6.10 Å². The van der Waals surface area contributed by atoms with Gasteiger partial charge >= 0.3 is 11.9 Å². The van der Waals surface area contributed by atoms with Crippen molar-refractivity contribution in [1.29, 1.82) is 0 Å². The summed E-state index contributed by atoms with van der Waals surface area (Å²) in [7, 11) is 0. The van der Waals surface area contributed by atoms with E-state index in [1.165, 1.54) is 231 Å². The molecule has 1 unspecified atom stereocenters. The molecule has 0 aliphatic heterocycles. The molecule has 0 saturated carbocycles. The van der Waals surface area contributed by atoms with Crippen molar-refractivity contribution in [2.75, 3.05) is 19.8 Å². The molecule has 0 spiro atoms. The number of ether oxygens (including phenoxy) is 3. The normalized spacial score (nSPS) is 12.2. The second-order valence-corrected chi connectivity index (χ2v) is 19.5. The van der Waals surface area contributed by atoms with Crippen molar-refractivity contribution in [1.82, 2.24) is 0 Å². The topological polar surface area (TPSA) is 61.8 Å². The molecular weight excluding hydrogens is 789 g/mol. The second-order valence-electron chi connectivity index (χ2n) is 19.5. The van der Waals surface area contributed by atoms with Crippen molar-refractivity contribution in [3.8, 4) is 0 Å². The predicted octanol–water partition coefficient (Wildman–Crippen LogP) is 19.6. The van der Waals surface area contributed by atoms with Crippen LogP contribution in [0.5, 0.6) is 0 Å². The van der Waals surface area contributed by atoms with Crippen molar-refractivity contribution in [3.63, 3.8) is 0 Å². The number of hydrogen-bond donors (Lipinski definition) is 0. The summed E-state index contributed by atoms with van der Waals surface area (Å²) >= 11 is 0. The Hall–Kier alpha value is -1.62. The first-order valence-corrected chi connectivity index (χ1v) is 28.9. The maximum Gasteiger partial charge on any atom is 0.306 e. The van der Waals surface area contributed by atoms with Gasteiger partial charge in [-0.1, -0.05) is 257 Å². The van der Waals surface area contributed by atoms with E-state index in [-0.39, 0.29) is 25.2 Å². The van der Waals surface area contributed by atoms with Gasteiger partial charge in [0.15, 0.2) is 6.10 Å². The third kappa shape index (κ3) is 53.0. The number of carbonyl (C=O) groups excluding carboxylic acids is 2. The Labute approximate surface area is 400 Å². The Morgan fingerprint density at radius 1 is 0.328 bits per heavy atom. The number of esters is 2. The summed E-state index contributed by atoms with van der Waals surface area (Å²) in [6.07, 6.45) is 66.2. The number of carbonyl (C=O) groups is 2. The van der Waals surface area contributed by atoms with Crippen LogP contribution in [-0.2, 0) is 23.8 Å². The predicted molar refractivity (Wildman–Crippen MR) is 279 cm³/mol. The highest BCUT2D eigenvalue weighted by Gasteiger charge is 2.17. The first-order chi connectivity index (χ1) is 31.6. The van der Waals surface area contributed by atoms with Crippen LogP contribution in [0.15, 0.2) is 24.3 Å². The molecule has 0 bridgehead atoms. The van der Waals surface area contributed by atoms with Crippen LogP contribution in [0.3, 0.4) is 0 Å². The maximum absolute atomic E-state index is 12.8. The molecule has 0 aliphatic carbocycles. The van der Waals surface area contributed by atoms with Crippen molar-refractivity contribution >= 4 is 11.9 Å². The van der Waals surface area contributed by atoms with Gasteiger partial charge in [-0.15, -0.1) is 0 Å². The maximum atomic E-state index is 12.8. The lowest BCUT2D eigenvalue weighted by molar-refractivity contribution is -0.163. The van der Waals surface area contributed by atoms with Crippen LogP contribution in [0.25, 0.3) is 0 Å². The van der Waals surface area contributed by atoms with Crippen molar-refractivity contribution in [2.24, 2.45) is 0 Å². The summed E-state index contributed by atoms with van der Waals surface area (Å²) in [5, 5.41) is 0. The van der Waals surface area contributed by atoms with Gasteiger partial charge in [0.25, 0.3) is 0 Å². The fraction of sp³-hybridized carbons (Fsp3) is 0.898. The van der Waals surface area contributed by atoms with Gasteiger partial charge in [0.2, 0.25) is 0 Å². The SMILES string of the molecule is CCCCCCCC/C=C\CCCCCCCCOCC(COC(=O)CCCCCCCCCCCCCCCCCCC)OC(=O)CCCCCCC/C=C\CCCCCCCC.